The Bertz CT molecular complexity index is 786. The van der Waals surface area contributed by atoms with Crippen LogP contribution < -0.4 is 10.6 Å². The SMILES string of the molecule is O=C(Nc1cccnc1)c1cc(C(=O)Nc2cccnc2)ncn1. The molecule has 0 radical (unpaired) electrons. The molecule has 8 heteroatoms. The summed E-state index contributed by atoms with van der Waals surface area (Å²) in [4.78, 5) is 39.9. The van der Waals surface area contributed by atoms with Crippen LogP contribution in [0.15, 0.2) is 61.4 Å². The van der Waals surface area contributed by atoms with Crippen molar-refractivity contribution in [1.82, 2.24) is 19.9 Å². The van der Waals surface area contributed by atoms with Crippen LogP contribution in [0.25, 0.3) is 0 Å². The van der Waals surface area contributed by atoms with Gasteiger partial charge in [0.15, 0.2) is 0 Å². The van der Waals surface area contributed by atoms with E-state index in [1.807, 2.05) is 0 Å². The topological polar surface area (TPSA) is 110 Å². The smallest absolute Gasteiger partial charge is 0.274 e. The maximum atomic E-state index is 12.2. The summed E-state index contributed by atoms with van der Waals surface area (Å²) in [5, 5.41) is 5.28. The molecular formula is C16H12N6O2. The van der Waals surface area contributed by atoms with Crippen LogP contribution >= 0.6 is 0 Å². The molecule has 0 atom stereocenters. The van der Waals surface area contributed by atoms with Crippen LogP contribution in [0.2, 0.25) is 0 Å². The Morgan fingerprint density at radius 2 is 1.29 bits per heavy atom. The molecule has 0 spiro atoms. The second-order valence-corrected chi connectivity index (χ2v) is 4.68. The average Bonchev–Trinajstić information content (AvgIpc) is 2.63. The third kappa shape index (κ3) is 3.74. The number of nitrogens with one attached hydrogen (secondary N) is 2. The maximum Gasteiger partial charge on any atom is 0.274 e. The lowest BCUT2D eigenvalue weighted by atomic mass is 10.2. The normalized spacial score (nSPS) is 10.0. The minimum atomic E-state index is -0.458. The summed E-state index contributed by atoms with van der Waals surface area (Å²) in [6, 6.07) is 8.10. The number of hydrogen-bond donors (Lipinski definition) is 2. The van der Waals surface area contributed by atoms with Crippen molar-refractivity contribution in [2.75, 3.05) is 10.6 Å². The predicted octanol–water partition coefficient (Wildman–Crippen LogP) is 1.77. The zero-order chi connectivity index (χ0) is 16.8. The van der Waals surface area contributed by atoms with Gasteiger partial charge in [0.2, 0.25) is 0 Å². The fourth-order valence-electron chi connectivity index (χ4n) is 1.87. The van der Waals surface area contributed by atoms with E-state index in [-0.39, 0.29) is 11.4 Å². The molecule has 0 saturated carbocycles. The Kier molecular flexibility index (Phi) is 4.47. The number of hydrogen-bond acceptors (Lipinski definition) is 6. The standard InChI is InChI=1S/C16H12N6O2/c23-15(21-11-3-1-5-17-8-11)13-7-14(20-10-19-13)16(24)22-12-4-2-6-18-9-12/h1-10H,(H,21,23)(H,22,24). The molecule has 0 aliphatic heterocycles. The molecule has 0 fully saturated rings. The number of aromatic nitrogens is 4. The summed E-state index contributed by atoms with van der Waals surface area (Å²) in [5.74, 6) is -0.915. The summed E-state index contributed by atoms with van der Waals surface area (Å²) in [5.41, 5.74) is 1.21. The van der Waals surface area contributed by atoms with E-state index in [9.17, 15) is 9.59 Å². The molecule has 24 heavy (non-hydrogen) atoms. The first-order valence-electron chi connectivity index (χ1n) is 6.97. The predicted molar refractivity (Wildman–Crippen MR) is 86.4 cm³/mol. The second kappa shape index (κ2) is 7.05. The van der Waals surface area contributed by atoms with E-state index in [1.54, 1.807) is 36.7 Å². The third-order valence-electron chi connectivity index (χ3n) is 2.97. The van der Waals surface area contributed by atoms with Crippen molar-refractivity contribution in [3.05, 3.63) is 72.8 Å². The van der Waals surface area contributed by atoms with Crippen LogP contribution in [0.1, 0.15) is 21.0 Å². The zero-order valence-corrected chi connectivity index (χ0v) is 12.4. The highest BCUT2D eigenvalue weighted by Crippen LogP contribution is 2.08. The first-order valence-corrected chi connectivity index (χ1v) is 6.97. The van der Waals surface area contributed by atoms with Gasteiger partial charge in [-0.25, -0.2) is 9.97 Å². The van der Waals surface area contributed by atoms with E-state index >= 15 is 0 Å². The molecule has 0 bridgehead atoms. The van der Waals surface area contributed by atoms with E-state index in [4.69, 9.17) is 0 Å². The van der Waals surface area contributed by atoms with Crippen molar-refractivity contribution >= 4 is 23.2 Å². The Morgan fingerprint density at radius 1 is 0.792 bits per heavy atom. The van der Waals surface area contributed by atoms with Crippen LogP contribution in [0.3, 0.4) is 0 Å². The number of rotatable bonds is 4. The highest BCUT2D eigenvalue weighted by molar-refractivity contribution is 6.06. The van der Waals surface area contributed by atoms with Gasteiger partial charge in [-0.05, 0) is 24.3 Å². The summed E-state index contributed by atoms with van der Waals surface area (Å²) in [6.45, 7) is 0. The molecule has 0 aliphatic rings. The van der Waals surface area contributed by atoms with Gasteiger partial charge >= 0.3 is 0 Å². The van der Waals surface area contributed by atoms with Crippen molar-refractivity contribution in [2.45, 2.75) is 0 Å². The van der Waals surface area contributed by atoms with E-state index in [1.165, 1.54) is 18.5 Å². The maximum absolute atomic E-state index is 12.2. The average molecular weight is 320 g/mol. The van der Waals surface area contributed by atoms with E-state index in [0.29, 0.717) is 11.4 Å². The minimum Gasteiger partial charge on any atom is -0.319 e. The highest BCUT2D eigenvalue weighted by Gasteiger charge is 2.13. The number of carbonyl (C=O) groups excluding carboxylic acids is 2. The van der Waals surface area contributed by atoms with Crippen molar-refractivity contribution in [2.24, 2.45) is 0 Å². The molecule has 3 aromatic rings. The van der Waals surface area contributed by atoms with Gasteiger partial charge in [0.1, 0.15) is 17.7 Å². The summed E-state index contributed by atoms with van der Waals surface area (Å²) in [6.07, 6.45) is 7.38. The van der Waals surface area contributed by atoms with Crippen molar-refractivity contribution in [3.8, 4) is 0 Å². The Hall–Kier alpha value is -3.68. The van der Waals surface area contributed by atoms with Crippen molar-refractivity contribution in [3.63, 3.8) is 0 Å². The van der Waals surface area contributed by atoms with Crippen LogP contribution in [-0.2, 0) is 0 Å². The molecule has 8 nitrogen and oxygen atoms in total. The lowest BCUT2D eigenvalue weighted by Crippen LogP contribution is -2.18. The monoisotopic (exact) mass is 320 g/mol. The molecule has 2 amide bonds. The molecule has 0 aromatic carbocycles. The summed E-state index contributed by atoms with van der Waals surface area (Å²) >= 11 is 0. The number of amides is 2. The molecule has 3 rings (SSSR count). The fourth-order valence-corrected chi connectivity index (χ4v) is 1.87. The van der Waals surface area contributed by atoms with Crippen LogP contribution in [0, 0.1) is 0 Å². The van der Waals surface area contributed by atoms with Gasteiger partial charge in [0, 0.05) is 18.5 Å². The quantitative estimate of drug-likeness (QED) is 0.758. The summed E-state index contributed by atoms with van der Waals surface area (Å²) < 4.78 is 0. The van der Waals surface area contributed by atoms with E-state index in [0.717, 1.165) is 6.33 Å². The van der Waals surface area contributed by atoms with Gasteiger partial charge < -0.3 is 10.6 Å². The number of anilines is 2. The molecule has 118 valence electrons. The zero-order valence-electron chi connectivity index (χ0n) is 12.4. The van der Waals surface area contributed by atoms with Gasteiger partial charge in [0.25, 0.3) is 11.8 Å². The fraction of sp³-hybridized carbons (Fsp3) is 0. The van der Waals surface area contributed by atoms with Crippen LogP contribution in [0.5, 0.6) is 0 Å². The Balaban J connectivity index is 1.74. The number of pyridine rings is 2. The number of nitrogens with zero attached hydrogens (tertiary/aromatic N) is 4. The first-order chi connectivity index (χ1) is 11.7. The molecule has 0 aliphatic carbocycles. The van der Waals surface area contributed by atoms with Crippen molar-refractivity contribution in [1.29, 1.82) is 0 Å². The number of carbonyl (C=O) groups is 2. The lowest BCUT2D eigenvalue weighted by molar-refractivity contribution is 0.102. The third-order valence-corrected chi connectivity index (χ3v) is 2.97. The minimum absolute atomic E-state index is 0.0742. The van der Waals surface area contributed by atoms with E-state index < -0.39 is 11.8 Å². The molecule has 2 N–H and O–H groups in total. The van der Waals surface area contributed by atoms with E-state index in [2.05, 4.69) is 30.6 Å². The second-order valence-electron chi connectivity index (χ2n) is 4.68. The molecular weight excluding hydrogens is 308 g/mol. The first kappa shape index (κ1) is 15.2. The van der Waals surface area contributed by atoms with Crippen LogP contribution in [0.4, 0.5) is 11.4 Å². The van der Waals surface area contributed by atoms with Crippen molar-refractivity contribution < 1.29 is 9.59 Å². The van der Waals surface area contributed by atoms with Gasteiger partial charge in [-0.15, -0.1) is 0 Å². The van der Waals surface area contributed by atoms with Gasteiger partial charge in [-0.3, -0.25) is 19.6 Å². The largest absolute Gasteiger partial charge is 0.319 e. The lowest BCUT2D eigenvalue weighted by Gasteiger charge is -2.06. The van der Waals surface area contributed by atoms with Gasteiger partial charge in [0.05, 0.1) is 23.8 Å². The van der Waals surface area contributed by atoms with Crippen LogP contribution in [-0.4, -0.2) is 31.8 Å². The Morgan fingerprint density at radius 3 is 1.71 bits per heavy atom. The molecule has 0 unspecified atom stereocenters. The van der Waals surface area contributed by atoms with Gasteiger partial charge in [-0.2, -0.15) is 0 Å². The Labute approximate surface area is 137 Å². The molecule has 3 heterocycles. The summed E-state index contributed by atoms with van der Waals surface area (Å²) in [7, 11) is 0. The molecule has 0 saturated heterocycles. The highest BCUT2D eigenvalue weighted by atomic mass is 16.2. The molecule has 3 aromatic heterocycles. The van der Waals surface area contributed by atoms with Gasteiger partial charge in [-0.1, -0.05) is 0 Å².